The molecule has 2 aliphatic rings. The van der Waals surface area contributed by atoms with Gasteiger partial charge in [-0.05, 0) is 25.0 Å². The van der Waals surface area contributed by atoms with Crippen LogP contribution in [0.2, 0.25) is 0 Å². The van der Waals surface area contributed by atoms with Crippen LogP contribution >= 0.6 is 0 Å². The molecule has 0 aliphatic carbocycles. The minimum Gasteiger partial charge on any atom is -0.379 e. The van der Waals surface area contributed by atoms with Crippen molar-refractivity contribution in [2.75, 3.05) is 44.3 Å². The van der Waals surface area contributed by atoms with Crippen LogP contribution in [0.5, 0.6) is 0 Å². The first-order valence-electron chi connectivity index (χ1n) is 9.54. The van der Waals surface area contributed by atoms with Crippen molar-refractivity contribution >= 4 is 5.82 Å². The third kappa shape index (κ3) is 3.94. The highest BCUT2D eigenvalue weighted by atomic mass is 16.5. The van der Waals surface area contributed by atoms with Gasteiger partial charge in [-0.3, -0.25) is 4.90 Å². The third-order valence-corrected chi connectivity index (χ3v) is 5.45. The summed E-state index contributed by atoms with van der Waals surface area (Å²) in [6, 6.07) is 5.88. The Hall–Kier alpha value is -2.50. The summed E-state index contributed by atoms with van der Waals surface area (Å²) in [7, 11) is 2.07. The molecule has 8 heteroatoms. The molecular formula is C19H25N7O. The zero-order valence-electron chi connectivity index (χ0n) is 15.7. The quantitative estimate of drug-likeness (QED) is 0.805. The number of morpholine rings is 1. The van der Waals surface area contributed by atoms with Crippen molar-refractivity contribution in [1.29, 1.82) is 5.26 Å². The molecule has 0 bridgehead atoms. The first kappa shape index (κ1) is 17.9. The molecule has 2 saturated heterocycles. The zero-order chi connectivity index (χ0) is 18.6. The summed E-state index contributed by atoms with van der Waals surface area (Å²) in [6.45, 7) is 6.16. The first-order chi connectivity index (χ1) is 13.2. The Morgan fingerprint density at radius 1 is 1.22 bits per heavy atom. The maximum absolute atomic E-state index is 8.95. The van der Waals surface area contributed by atoms with Crippen molar-refractivity contribution in [1.82, 2.24) is 24.6 Å². The van der Waals surface area contributed by atoms with Crippen LogP contribution in [0.1, 0.15) is 36.0 Å². The van der Waals surface area contributed by atoms with E-state index in [-0.39, 0.29) is 0 Å². The summed E-state index contributed by atoms with van der Waals surface area (Å²) < 4.78 is 7.59. The number of anilines is 1. The maximum atomic E-state index is 8.95. The molecule has 27 heavy (non-hydrogen) atoms. The Morgan fingerprint density at radius 2 is 2.07 bits per heavy atom. The molecule has 1 atom stereocenters. The van der Waals surface area contributed by atoms with Gasteiger partial charge in [0.05, 0.1) is 25.3 Å². The van der Waals surface area contributed by atoms with Crippen LogP contribution in [0.4, 0.5) is 5.82 Å². The Kier molecular flexibility index (Phi) is 5.32. The Bertz CT molecular complexity index is 804. The molecule has 2 aromatic rings. The summed E-state index contributed by atoms with van der Waals surface area (Å²) in [5, 5.41) is 17.9. The van der Waals surface area contributed by atoms with Crippen LogP contribution in [0.15, 0.2) is 18.3 Å². The number of hydrogen-bond acceptors (Lipinski definition) is 7. The molecule has 142 valence electrons. The second-order valence-electron chi connectivity index (χ2n) is 7.22. The summed E-state index contributed by atoms with van der Waals surface area (Å²) in [6.07, 6.45) is 3.84. The number of aromatic nitrogens is 4. The van der Waals surface area contributed by atoms with Gasteiger partial charge in [0, 0.05) is 45.3 Å². The van der Waals surface area contributed by atoms with E-state index in [9.17, 15) is 0 Å². The van der Waals surface area contributed by atoms with Gasteiger partial charge < -0.3 is 14.2 Å². The molecule has 0 aromatic carbocycles. The lowest BCUT2D eigenvalue weighted by molar-refractivity contribution is 0.0326. The minimum atomic E-state index is 0.340. The van der Waals surface area contributed by atoms with Crippen LogP contribution in [0.3, 0.4) is 0 Å². The van der Waals surface area contributed by atoms with Gasteiger partial charge in [0.15, 0.2) is 0 Å². The molecule has 2 aliphatic heterocycles. The average molecular weight is 367 g/mol. The number of hydrogen-bond donors (Lipinski definition) is 0. The van der Waals surface area contributed by atoms with Gasteiger partial charge in [0.2, 0.25) is 0 Å². The predicted octanol–water partition coefficient (Wildman–Crippen LogP) is 1.30. The molecule has 8 nitrogen and oxygen atoms in total. The standard InChI is InChI=1S/C19H25N7O/c1-24-18(14-25-7-9-27-10-8-25)22-23-19(24)16-3-2-6-26(13-16)17-5-4-15(11-20)12-21-17/h4-5,12,16H,2-3,6-10,13-14H2,1H3/t16-/m1/s1. The van der Waals surface area contributed by atoms with E-state index in [0.29, 0.717) is 11.5 Å². The molecule has 2 fully saturated rings. The van der Waals surface area contributed by atoms with E-state index in [1.165, 1.54) is 0 Å². The molecule has 0 amide bonds. The topological polar surface area (TPSA) is 83.1 Å². The van der Waals surface area contributed by atoms with Gasteiger partial charge in [-0.2, -0.15) is 5.26 Å². The first-order valence-corrected chi connectivity index (χ1v) is 9.54. The molecule has 0 N–H and O–H groups in total. The Morgan fingerprint density at radius 3 is 2.81 bits per heavy atom. The van der Waals surface area contributed by atoms with Gasteiger partial charge in [-0.1, -0.05) is 0 Å². The van der Waals surface area contributed by atoms with Crippen LogP contribution < -0.4 is 4.90 Å². The van der Waals surface area contributed by atoms with Crippen LogP contribution in [-0.4, -0.2) is 64.0 Å². The lowest BCUT2D eigenvalue weighted by Gasteiger charge is -2.33. The molecule has 0 spiro atoms. The van der Waals surface area contributed by atoms with Crippen LogP contribution in [0.25, 0.3) is 0 Å². The van der Waals surface area contributed by atoms with E-state index in [1.54, 1.807) is 6.20 Å². The molecule has 0 unspecified atom stereocenters. The normalized spacial score (nSPS) is 21.2. The van der Waals surface area contributed by atoms with Crippen molar-refractivity contribution in [3.8, 4) is 6.07 Å². The smallest absolute Gasteiger partial charge is 0.146 e. The van der Waals surface area contributed by atoms with E-state index in [4.69, 9.17) is 10.00 Å². The number of nitriles is 1. The molecule has 4 heterocycles. The summed E-state index contributed by atoms with van der Waals surface area (Å²) >= 11 is 0. The number of rotatable bonds is 4. The monoisotopic (exact) mass is 367 g/mol. The highest BCUT2D eigenvalue weighted by Crippen LogP contribution is 2.28. The van der Waals surface area contributed by atoms with Crippen LogP contribution in [-0.2, 0) is 18.3 Å². The Labute approximate surface area is 159 Å². The van der Waals surface area contributed by atoms with Crippen molar-refractivity contribution in [3.63, 3.8) is 0 Å². The fraction of sp³-hybridized carbons (Fsp3) is 0.579. The largest absolute Gasteiger partial charge is 0.379 e. The van der Waals surface area contributed by atoms with Crippen molar-refractivity contribution in [3.05, 3.63) is 35.5 Å². The second kappa shape index (κ2) is 8.03. The molecule has 2 aromatic heterocycles. The number of pyridine rings is 1. The fourth-order valence-electron chi connectivity index (χ4n) is 3.86. The zero-order valence-corrected chi connectivity index (χ0v) is 15.7. The van der Waals surface area contributed by atoms with Crippen molar-refractivity contribution in [2.24, 2.45) is 7.05 Å². The SMILES string of the molecule is Cn1c(CN2CCOCC2)nnc1[C@@H]1CCCN(c2ccc(C#N)cn2)C1. The van der Waals surface area contributed by atoms with Gasteiger partial charge >= 0.3 is 0 Å². The number of ether oxygens (including phenoxy) is 1. The Balaban J connectivity index is 1.45. The van der Waals surface area contributed by atoms with Gasteiger partial charge in [0.25, 0.3) is 0 Å². The third-order valence-electron chi connectivity index (χ3n) is 5.45. The van der Waals surface area contributed by atoms with Crippen molar-refractivity contribution < 1.29 is 4.74 Å². The molecular weight excluding hydrogens is 342 g/mol. The van der Waals surface area contributed by atoms with Crippen molar-refractivity contribution in [2.45, 2.75) is 25.3 Å². The van der Waals surface area contributed by atoms with Gasteiger partial charge in [0.1, 0.15) is 23.5 Å². The van der Waals surface area contributed by atoms with Gasteiger partial charge in [-0.25, -0.2) is 4.98 Å². The fourth-order valence-corrected chi connectivity index (χ4v) is 3.86. The van der Waals surface area contributed by atoms with E-state index in [2.05, 4.69) is 42.7 Å². The highest BCUT2D eigenvalue weighted by molar-refractivity contribution is 5.42. The highest BCUT2D eigenvalue weighted by Gasteiger charge is 2.27. The summed E-state index contributed by atoms with van der Waals surface area (Å²) in [5.74, 6) is 3.33. The lowest BCUT2D eigenvalue weighted by atomic mass is 9.97. The predicted molar refractivity (Wildman–Crippen MR) is 100 cm³/mol. The second-order valence-corrected chi connectivity index (χ2v) is 7.22. The van der Waals surface area contributed by atoms with E-state index in [1.807, 2.05) is 12.1 Å². The van der Waals surface area contributed by atoms with E-state index >= 15 is 0 Å². The molecule has 0 radical (unpaired) electrons. The minimum absolute atomic E-state index is 0.340. The van der Waals surface area contributed by atoms with Gasteiger partial charge in [-0.15, -0.1) is 10.2 Å². The molecule has 0 saturated carbocycles. The van der Waals surface area contributed by atoms with E-state index in [0.717, 1.165) is 76.2 Å². The number of piperidine rings is 1. The summed E-state index contributed by atoms with van der Waals surface area (Å²) in [4.78, 5) is 9.10. The maximum Gasteiger partial charge on any atom is 0.146 e. The summed E-state index contributed by atoms with van der Waals surface area (Å²) in [5.41, 5.74) is 0.591. The van der Waals surface area contributed by atoms with Crippen LogP contribution in [0, 0.1) is 11.3 Å². The van der Waals surface area contributed by atoms with E-state index < -0.39 is 0 Å². The number of nitrogens with zero attached hydrogens (tertiary/aromatic N) is 7. The average Bonchev–Trinajstić information content (AvgIpc) is 3.09. The lowest BCUT2D eigenvalue weighted by Crippen LogP contribution is -2.37. The molecule has 4 rings (SSSR count).